The molecular formula is C20H33N7O2. The van der Waals surface area contributed by atoms with Crippen molar-refractivity contribution in [3.63, 3.8) is 0 Å². The molecule has 160 valence electrons. The number of pyridine rings is 1. The molecule has 3 heterocycles. The van der Waals surface area contributed by atoms with Crippen LogP contribution in [0.3, 0.4) is 0 Å². The highest BCUT2D eigenvalue weighted by atomic mass is 16.6. The van der Waals surface area contributed by atoms with Crippen molar-refractivity contribution in [3.8, 4) is 0 Å². The first-order valence-electron chi connectivity index (χ1n) is 10.1. The van der Waals surface area contributed by atoms with Crippen LogP contribution in [0, 0.1) is 11.3 Å². The van der Waals surface area contributed by atoms with E-state index in [0.717, 1.165) is 50.8 Å². The predicted octanol–water partition coefficient (Wildman–Crippen LogP) is 1.08. The van der Waals surface area contributed by atoms with Gasteiger partial charge >= 0.3 is 6.09 Å². The number of likely N-dealkylation sites (N-methyl/N-ethyl adjacent to an activating group) is 1. The van der Waals surface area contributed by atoms with Gasteiger partial charge in [-0.25, -0.2) is 9.78 Å². The number of nitrogens with zero attached hydrogens (tertiary/aromatic N) is 4. The van der Waals surface area contributed by atoms with E-state index in [-0.39, 0.29) is 11.9 Å². The number of piperazine rings is 1. The zero-order valence-electron chi connectivity index (χ0n) is 17.9. The average Bonchev–Trinajstić information content (AvgIpc) is 2.59. The minimum atomic E-state index is -0.491. The van der Waals surface area contributed by atoms with Crippen molar-refractivity contribution in [3.05, 3.63) is 17.8 Å². The summed E-state index contributed by atoms with van der Waals surface area (Å²) in [6.45, 7) is 11.6. The number of amides is 1. The zero-order chi connectivity index (χ0) is 21.2. The molecule has 2 aliphatic heterocycles. The number of nitrogens with one attached hydrogen (secondary N) is 2. The normalized spacial score (nSPS) is 18.3. The fourth-order valence-electron chi connectivity index (χ4n) is 3.47. The van der Waals surface area contributed by atoms with Gasteiger partial charge in [0.05, 0.1) is 0 Å². The second kappa shape index (κ2) is 8.44. The Bertz CT molecular complexity index is 748. The largest absolute Gasteiger partial charge is 0.444 e. The van der Waals surface area contributed by atoms with Crippen LogP contribution < -0.4 is 20.9 Å². The van der Waals surface area contributed by atoms with Crippen LogP contribution in [-0.4, -0.2) is 80.3 Å². The maximum absolute atomic E-state index is 11.8. The minimum Gasteiger partial charge on any atom is -0.444 e. The molecule has 0 spiro atoms. The number of ether oxygens (including phenoxy) is 1. The van der Waals surface area contributed by atoms with Gasteiger partial charge in [-0.3, -0.25) is 5.41 Å². The minimum absolute atomic E-state index is 0.0223. The van der Waals surface area contributed by atoms with Gasteiger partial charge in [-0.1, -0.05) is 0 Å². The molecule has 0 unspecified atom stereocenters. The van der Waals surface area contributed by atoms with Crippen molar-refractivity contribution in [1.29, 1.82) is 5.41 Å². The van der Waals surface area contributed by atoms with E-state index in [1.165, 1.54) is 0 Å². The summed E-state index contributed by atoms with van der Waals surface area (Å²) >= 11 is 0. The maximum Gasteiger partial charge on any atom is 0.407 e. The van der Waals surface area contributed by atoms with Gasteiger partial charge in [-0.15, -0.1) is 0 Å². The third-order valence-electron chi connectivity index (χ3n) is 5.16. The van der Waals surface area contributed by atoms with E-state index in [1.807, 2.05) is 26.8 Å². The lowest BCUT2D eigenvalue weighted by Crippen LogP contribution is -2.52. The monoisotopic (exact) mass is 403 g/mol. The van der Waals surface area contributed by atoms with E-state index in [4.69, 9.17) is 15.9 Å². The second-order valence-corrected chi connectivity index (χ2v) is 8.93. The van der Waals surface area contributed by atoms with Gasteiger partial charge < -0.3 is 30.5 Å². The fourth-order valence-corrected chi connectivity index (χ4v) is 3.47. The Morgan fingerprint density at radius 2 is 1.90 bits per heavy atom. The standard InChI is InChI=1S/C20H33N7O2/c1-20(2,3)29-19(28)23-11-14-12-27(13-14)15-9-16(18(21)22)24-17(10-15)26-7-5-25(4)6-8-26/h9-10,14H,5-8,11-13H2,1-4H3,(H3,21,22)(H,23,28). The molecule has 1 aromatic rings. The van der Waals surface area contributed by atoms with E-state index in [0.29, 0.717) is 18.2 Å². The van der Waals surface area contributed by atoms with E-state index in [9.17, 15) is 4.79 Å². The Morgan fingerprint density at radius 3 is 2.48 bits per heavy atom. The first-order valence-corrected chi connectivity index (χ1v) is 10.1. The van der Waals surface area contributed by atoms with E-state index in [1.54, 1.807) is 0 Å². The highest BCUT2D eigenvalue weighted by Gasteiger charge is 2.29. The van der Waals surface area contributed by atoms with Crippen LogP contribution in [0.25, 0.3) is 0 Å². The Labute approximate surface area is 172 Å². The summed E-state index contributed by atoms with van der Waals surface area (Å²) in [5, 5.41) is 10.7. The smallest absolute Gasteiger partial charge is 0.407 e. The lowest BCUT2D eigenvalue weighted by atomic mass is 9.99. The number of carbonyl (C=O) groups excluding carboxylic acids is 1. The summed E-state index contributed by atoms with van der Waals surface area (Å²) in [4.78, 5) is 23.2. The number of carbonyl (C=O) groups is 1. The number of rotatable bonds is 5. The molecular weight excluding hydrogens is 370 g/mol. The van der Waals surface area contributed by atoms with Crippen LogP contribution in [-0.2, 0) is 4.74 Å². The van der Waals surface area contributed by atoms with Gasteiger partial charge in [0.25, 0.3) is 0 Å². The Hall–Kier alpha value is -2.55. The third kappa shape index (κ3) is 5.72. The summed E-state index contributed by atoms with van der Waals surface area (Å²) in [5.41, 5.74) is 6.77. The predicted molar refractivity (Wildman–Crippen MR) is 115 cm³/mol. The highest BCUT2D eigenvalue weighted by molar-refractivity contribution is 5.94. The Kier molecular flexibility index (Phi) is 6.16. The number of nitrogen functional groups attached to an aromatic ring is 1. The number of anilines is 2. The molecule has 3 rings (SSSR count). The molecule has 0 radical (unpaired) electrons. The summed E-state index contributed by atoms with van der Waals surface area (Å²) in [6.07, 6.45) is -0.379. The topological polar surface area (TPSA) is 111 Å². The SMILES string of the molecule is CN1CCN(c2cc(N3CC(CNC(=O)OC(C)(C)C)C3)cc(C(=N)N)n2)CC1. The molecule has 1 aromatic heterocycles. The van der Waals surface area contributed by atoms with Gasteiger partial charge in [0.1, 0.15) is 22.9 Å². The molecule has 2 saturated heterocycles. The van der Waals surface area contributed by atoms with E-state index < -0.39 is 5.60 Å². The molecule has 0 aromatic carbocycles. The van der Waals surface area contributed by atoms with E-state index >= 15 is 0 Å². The molecule has 1 amide bonds. The Balaban J connectivity index is 1.59. The zero-order valence-corrected chi connectivity index (χ0v) is 17.9. The van der Waals surface area contributed by atoms with Crippen molar-refractivity contribution >= 4 is 23.4 Å². The first-order chi connectivity index (χ1) is 13.6. The van der Waals surface area contributed by atoms with Crippen molar-refractivity contribution in [2.24, 2.45) is 11.7 Å². The molecule has 2 fully saturated rings. The van der Waals surface area contributed by atoms with Crippen LogP contribution >= 0.6 is 0 Å². The molecule has 0 saturated carbocycles. The number of nitrogens with two attached hydrogens (primary N) is 1. The highest BCUT2D eigenvalue weighted by Crippen LogP contribution is 2.28. The first kappa shape index (κ1) is 21.2. The van der Waals surface area contributed by atoms with Crippen LogP contribution in [0.4, 0.5) is 16.3 Å². The average molecular weight is 404 g/mol. The maximum atomic E-state index is 11.8. The molecule has 0 atom stereocenters. The molecule has 9 heteroatoms. The van der Waals surface area contributed by atoms with Crippen LogP contribution in [0.5, 0.6) is 0 Å². The van der Waals surface area contributed by atoms with Gasteiger partial charge in [0.15, 0.2) is 0 Å². The van der Waals surface area contributed by atoms with E-state index in [2.05, 4.69) is 38.1 Å². The molecule has 2 aliphatic rings. The molecule has 9 nitrogen and oxygen atoms in total. The van der Waals surface area contributed by atoms with Gasteiger partial charge in [0, 0.05) is 63.5 Å². The van der Waals surface area contributed by atoms with Crippen molar-refractivity contribution in [2.75, 3.05) is 62.7 Å². The van der Waals surface area contributed by atoms with Crippen molar-refractivity contribution in [1.82, 2.24) is 15.2 Å². The van der Waals surface area contributed by atoms with Crippen molar-refractivity contribution in [2.45, 2.75) is 26.4 Å². The summed E-state index contributed by atoms with van der Waals surface area (Å²) in [6, 6.07) is 3.95. The summed E-state index contributed by atoms with van der Waals surface area (Å²) in [5.74, 6) is 1.21. The number of aromatic nitrogens is 1. The number of hydrogen-bond acceptors (Lipinski definition) is 7. The third-order valence-corrected chi connectivity index (χ3v) is 5.16. The summed E-state index contributed by atoms with van der Waals surface area (Å²) in [7, 11) is 2.12. The lowest BCUT2D eigenvalue weighted by molar-refractivity contribution is 0.0516. The number of alkyl carbamates (subject to hydrolysis) is 1. The summed E-state index contributed by atoms with van der Waals surface area (Å²) < 4.78 is 5.28. The molecule has 4 N–H and O–H groups in total. The Morgan fingerprint density at radius 1 is 1.24 bits per heavy atom. The van der Waals surface area contributed by atoms with Crippen LogP contribution in [0.15, 0.2) is 12.1 Å². The number of hydrogen-bond donors (Lipinski definition) is 3. The molecule has 29 heavy (non-hydrogen) atoms. The fraction of sp³-hybridized carbons (Fsp3) is 0.650. The lowest BCUT2D eigenvalue weighted by Gasteiger charge is -2.42. The van der Waals surface area contributed by atoms with Gasteiger partial charge in [-0.2, -0.15) is 0 Å². The van der Waals surface area contributed by atoms with Gasteiger partial charge in [0.2, 0.25) is 0 Å². The number of amidine groups is 1. The molecule has 0 bridgehead atoms. The second-order valence-electron chi connectivity index (χ2n) is 8.93. The van der Waals surface area contributed by atoms with Crippen LogP contribution in [0.1, 0.15) is 26.5 Å². The quantitative estimate of drug-likeness (QED) is 0.498. The molecule has 0 aliphatic carbocycles. The van der Waals surface area contributed by atoms with Crippen molar-refractivity contribution < 1.29 is 9.53 Å². The van der Waals surface area contributed by atoms with Crippen LogP contribution in [0.2, 0.25) is 0 Å². The van der Waals surface area contributed by atoms with Gasteiger partial charge in [-0.05, 0) is 33.9 Å².